The Morgan fingerprint density at radius 2 is 1.66 bits per heavy atom. The van der Waals surface area contributed by atoms with E-state index in [0.717, 1.165) is 74.7 Å². The molecule has 32 heavy (non-hydrogen) atoms. The molecule has 2 unspecified atom stereocenters. The normalized spacial score (nSPS) is 17.2. The van der Waals surface area contributed by atoms with Gasteiger partial charge in [0.05, 0.1) is 5.02 Å². The molecule has 0 saturated carbocycles. The highest BCUT2D eigenvalue weighted by atomic mass is 79.9. The van der Waals surface area contributed by atoms with Gasteiger partial charge in [-0.25, -0.2) is 0 Å². The molecule has 3 rings (SSSR count). The molecule has 2 aromatic carbocycles. The number of halogens is 3. The number of nitrogens with two attached hydrogens (primary N) is 1. The minimum Gasteiger partial charge on any atom is -0.506 e. The van der Waals surface area contributed by atoms with E-state index in [4.69, 9.17) is 17.3 Å². The molecule has 180 valence electrons. The molecule has 1 aliphatic carbocycles. The molecule has 0 aliphatic heterocycles. The van der Waals surface area contributed by atoms with Gasteiger partial charge in [0.2, 0.25) is 0 Å². The highest BCUT2D eigenvalue weighted by Gasteiger charge is 2.29. The fraction of sp³-hybridized carbons (Fsp3) is 0.500. The zero-order chi connectivity index (χ0) is 21.5. The molecular weight excluding hydrogens is 560 g/mol. The van der Waals surface area contributed by atoms with Crippen molar-refractivity contribution < 1.29 is 15.3 Å². The lowest BCUT2D eigenvalue weighted by molar-refractivity contribution is 0.380. The average Bonchev–Trinajstić information content (AvgIpc) is 2.73. The van der Waals surface area contributed by atoms with Crippen molar-refractivity contribution in [1.82, 2.24) is 5.32 Å². The van der Waals surface area contributed by atoms with E-state index in [0.29, 0.717) is 5.02 Å². The molecule has 1 aliphatic rings. The zero-order valence-electron chi connectivity index (χ0n) is 18.2. The van der Waals surface area contributed by atoms with Crippen LogP contribution in [0.15, 0.2) is 30.3 Å². The largest absolute Gasteiger partial charge is 0.506 e. The van der Waals surface area contributed by atoms with Gasteiger partial charge in [0.1, 0.15) is 5.75 Å². The third kappa shape index (κ3) is 7.80. The molecule has 2 atom stereocenters. The van der Waals surface area contributed by atoms with Crippen LogP contribution >= 0.6 is 45.6 Å². The summed E-state index contributed by atoms with van der Waals surface area (Å²) in [5.41, 5.74) is 9.47. The number of hydrogen-bond acceptors (Lipinski definition) is 5. The van der Waals surface area contributed by atoms with Gasteiger partial charge in [0.15, 0.2) is 11.5 Å². The van der Waals surface area contributed by atoms with Gasteiger partial charge in [-0.05, 0) is 80.4 Å². The van der Waals surface area contributed by atoms with E-state index >= 15 is 0 Å². The van der Waals surface area contributed by atoms with Crippen LogP contribution in [0.25, 0.3) is 0 Å². The van der Waals surface area contributed by atoms with E-state index in [2.05, 4.69) is 5.32 Å². The first-order valence-corrected chi connectivity index (χ1v) is 11.3. The third-order valence-electron chi connectivity index (χ3n) is 6.16. The maximum absolute atomic E-state index is 10.1. The van der Waals surface area contributed by atoms with Gasteiger partial charge in [-0.2, -0.15) is 0 Å². The first-order valence-electron chi connectivity index (χ1n) is 10.9. The summed E-state index contributed by atoms with van der Waals surface area (Å²) in [5, 5.41) is 33.2. The van der Waals surface area contributed by atoms with E-state index in [1.54, 1.807) is 12.1 Å². The Balaban J connectivity index is 0.00000256. The fourth-order valence-corrected chi connectivity index (χ4v) is 4.60. The Kier molecular flexibility index (Phi) is 13.0. The van der Waals surface area contributed by atoms with Crippen LogP contribution in [0.1, 0.15) is 61.1 Å². The van der Waals surface area contributed by atoms with E-state index in [1.807, 2.05) is 18.2 Å². The van der Waals surface area contributed by atoms with Gasteiger partial charge in [-0.15, -0.1) is 34.0 Å². The molecule has 0 fully saturated rings. The Morgan fingerprint density at radius 1 is 0.938 bits per heavy atom. The number of fused-ring (bicyclic) bond motifs is 1. The molecule has 0 bridgehead atoms. The zero-order valence-corrected chi connectivity index (χ0v) is 22.4. The van der Waals surface area contributed by atoms with Crippen molar-refractivity contribution in [3.8, 4) is 17.2 Å². The molecule has 2 aromatic rings. The summed E-state index contributed by atoms with van der Waals surface area (Å²) in [6, 6.07) is 8.98. The van der Waals surface area contributed by atoms with Crippen LogP contribution in [0, 0.1) is 0 Å². The molecule has 0 aromatic heterocycles. The van der Waals surface area contributed by atoms with Gasteiger partial charge in [0.25, 0.3) is 0 Å². The van der Waals surface area contributed by atoms with Crippen LogP contribution < -0.4 is 11.1 Å². The number of benzene rings is 2. The van der Waals surface area contributed by atoms with Gasteiger partial charge in [-0.1, -0.05) is 43.0 Å². The monoisotopic (exact) mass is 592 g/mol. The molecule has 0 saturated heterocycles. The van der Waals surface area contributed by atoms with Crippen molar-refractivity contribution in [2.45, 2.75) is 63.3 Å². The van der Waals surface area contributed by atoms with E-state index in [1.165, 1.54) is 6.42 Å². The molecule has 0 spiro atoms. The van der Waals surface area contributed by atoms with Crippen LogP contribution in [-0.4, -0.2) is 34.5 Å². The SMILES string of the molecule is Br.Br.NC1CCc2c(ccc(O)c2O)C1CCCCCCNCCc1ccc(O)c(Cl)c1. The number of hydrogen-bond donors (Lipinski definition) is 5. The summed E-state index contributed by atoms with van der Waals surface area (Å²) in [5.74, 6) is 0.380. The number of aromatic hydroxyl groups is 3. The molecule has 0 heterocycles. The van der Waals surface area contributed by atoms with Gasteiger partial charge < -0.3 is 26.4 Å². The summed E-state index contributed by atoms with van der Waals surface area (Å²) in [6.07, 6.45) is 8.09. The highest BCUT2D eigenvalue weighted by Crippen LogP contribution is 2.42. The van der Waals surface area contributed by atoms with E-state index in [9.17, 15) is 15.3 Å². The van der Waals surface area contributed by atoms with Crippen LogP contribution in [-0.2, 0) is 12.8 Å². The Labute approximate surface area is 216 Å². The number of rotatable bonds is 10. The predicted molar refractivity (Wildman–Crippen MR) is 142 cm³/mol. The summed E-state index contributed by atoms with van der Waals surface area (Å²) >= 11 is 5.93. The average molecular weight is 595 g/mol. The van der Waals surface area contributed by atoms with Gasteiger partial charge in [-0.3, -0.25) is 0 Å². The molecule has 5 nitrogen and oxygen atoms in total. The smallest absolute Gasteiger partial charge is 0.160 e. The lowest BCUT2D eigenvalue weighted by Gasteiger charge is -2.32. The maximum Gasteiger partial charge on any atom is 0.160 e. The van der Waals surface area contributed by atoms with Crippen molar-refractivity contribution in [3.63, 3.8) is 0 Å². The van der Waals surface area contributed by atoms with Crippen molar-refractivity contribution >= 4 is 45.6 Å². The number of phenolic OH excluding ortho intramolecular Hbond substituents is 3. The van der Waals surface area contributed by atoms with Crippen molar-refractivity contribution in [2.24, 2.45) is 5.73 Å². The first kappa shape index (κ1) is 29.0. The molecular formula is C24H35Br2ClN2O3. The second kappa shape index (κ2) is 14.3. The number of phenols is 3. The standard InChI is InChI=1S/C24H33ClN2O3.2BrH/c25-20-15-16(6-10-22(20)28)12-14-27-13-4-2-1-3-5-18-17-8-11-23(29)24(30)19(17)7-9-21(18)26;;/h6,8,10-11,15,18,21,27-30H,1-5,7,9,12-14,26H2;2*1H. The predicted octanol–water partition coefficient (Wildman–Crippen LogP) is 5.75. The maximum atomic E-state index is 10.1. The lowest BCUT2D eigenvalue weighted by Crippen LogP contribution is -2.33. The molecule has 6 N–H and O–H groups in total. The lowest BCUT2D eigenvalue weighted by atomic mass is 9.76. The summed E-state index contributed by atoms with van der Waals surface area (Å²) in [7, 11) is 0. The van der Waals surface area contributed by atoms with Gasteiger partial charge in [0, 0.05) is 11.6 Å². The first-order chi connectivity index (χ1) is 14.5. The fourth-order valence-electron chi connectivity index (χ4n) is 4.39. The summed E-state index contributed by atoms with van der Waals surface area (Å²) < 4.78 is 0. The Bertz CT molecular complexity index is 854. The van der Waals surface area contributed by atoms with Gasteiger partial charge >= 0.3 is 0 Å². The van der Waals surface area contributed by atoms with Crippen molar-refractivity contribution in [3.05, 3.63) is 52.0 Å². The molecule has 0 amide bonds. The quantitative estimate of drug-likeness (QED) is 0.178. The Morgan fingerprint density at radius 3 is 2.41 bits per heavy atom. The van der Waals surface area contributed by atoms with Crippen molar-refractivity contribution in [1.29, 1.82) is 0 Å². The topological polar surface area (TPSA) is 98.7 Å². The molecule has 0 radical (unpaired) electrons. The minimum absolute atomic E-state index is 0. The van der Waals surface area contributed by atoms with E-state index in [-0.39, 0.29) is 63.2 Å². The van der Waals surface area contributed by atoms with Crippen LogP contribution in [0.4, 0.5) is 0 Å². The van der Waals surface area contributed by atoms with Crippen LogP contribution in [0.5, 0.6) is 17.2 Å². The van der Waals surface area contributed by atoms with Crippen molar-refractivity contribution in [2.75, 3.05) is 13.1 Å². The second-order valence-corrected chi connectivity index (χ2v) is 8.71. The summed E-state index contributed by atoms with van der Waals surface area (Å²) in [6.45, 7) is 1.88. The summed E-state index contributed by atoms with van der Waals surface area (Å²) in [4.78, 5) is 0. The second-order valence-electron chi connectivity index (χ2n) is 8.30. The Hall–Kier alpha value is -0.990. The van der Waals surface area contributed by atoms with Crippen LogP contribution in [0.2, 0.25) is 5.02 Å². The van der Waals surface area contributed by atoms with Crippen LogP contribution in [0.3, 0.4) is 0 Å². The minimum atomic E-state index is -0.0380. The van der Waals surface area contributed by atoms with E-state index < -0.39 is 0 Å². The third-order valence-corrected chi connectivity index (χ3v) is 6.47. The molecule has 8 heteroatoms. The number of nitrogens with one attached hydrogen (secondary N) is 1. The highest BCUT2D eigenvalue weighted by molar-refractivity contribution is 8.93. The number of unbranched alkanes of at least 4 members (excludes halogenated alkanes) is 3.